The van der Waals surface area contributed by atoms with Crippen molar-refractivity contribution in [1.82, 2.24) is 25.2 Å². The third kappa shape index (κ3) is 3.25. The molecule has 1 N–H and O–H groups in total. The molecule has 1 amide bonds. The van der Waals surface area contributed by atoms with E-state index in [1.54, 1.807) is 17.9 Å². The van der Waals surface area contributed by atoms with Crippen LogP contribution in [-0.4, -0.2) is 57.4 Å². The molecule has 1 atom stereocenters. The molecule has 22 heavy (non-hydrogen) atoms. The molecule has 9 heteroatoms. The summed E-state index contributed by atoms with van der Waals surface area (Å²) in [5, 5.41) is 10.5. The molecule has 0 saturated carbocycles. The molecule has 1 aliphatic rings. The van der Waals surface area contributed by atoms with Crippen LogP contribution in [0.15, 0.2) is 10.6 Å². The van der Waals surface area contributed by atoms with Gasteiger partial charge in [0.25, 0.3) is 11.8 Å². The lowest BCUT2D eigenvalue weighted by molar-refractivity contribution is -0.141. The third-order valence-electron chi connectivity index (χ3n) is 3.27. The Kier molecular flexibility index (Phi) is 4.05. The van der Waals surface area contributed by atoms with E-state index in [0.29, 0.717) is 43.0 Å². The summed E-state index contributed by atoms with van der Waals surface area (Å²) in [6.45, 7) is 4.83. The van der Waals surface area contributed by atoms with Crippen molar-refractivity contribution in [2.75, 3.05) is 26.3 Å². The molecule has 118 valence electrons. The predicted octanol–water partition coefficient (Wildman–Crippen LogP) is 0.388. The molecule has 1 fully saturated rings. The predicted molar refractivity (Wildman–Crippen MR) is 73.1 cm³/mol. The number of carbonyl (C=O) groups is 1. The Morgan fingerprint density at radius 2 is 2.41 bits per heavy atom. The first-order valence-corrected chi connectivity index (χ1v) is 6.96. The smallest absolute Gasteiger partial charge is 0.260 e. The van der Waals surface area contributed by atoms with Gasteiger partial charge in [0.15, 0.2) is 12.4 Å². The van der Waals surface area contributed by atoms with Gasteiger partial charge in [-0.1, -0.05) is 0 Å². The molecule has 9 nitrogen and oxygen atoms in total. The van der Waals surface area contributed by atoms with Gasteiger partial charge >= 0.3 is 0 Å². The molecule has 0 bridgehead atoms. The van der Waals surface area contributed by atoms with Crippen LogP contribution in [0.2, 0.25) is 0 Å². The first-order valence-electron chi connectivity index (χ1n) is 6.96. The summed E-state index contributed by atoms with van der Waals surface area (Å²) >= 11 is 0. The number of rotatable bonds is 4. The van der Waals surface area contributed by atoms with Crippen LogP contribution in [0.3, 0.4) is 0 Å². The number of H-pyrrole nitrogens is 1. The molecule has 3 heterocycles. The molecule has 3 rings (SSSR count). The Morgan fingerprint density at radius 1 is 1.55 bits per heavy atom. The summed E-state index contributed by atoms with van der Waals surface area (Å²) < 4.78 is 15.8. The second-order valence-corrected chi connectivity index (χ2v) is 5.04. The largest absolute Gasteiger partial charge is 0.465 e. The number of carbonyl (C=O) groups excluding carboxylic acids is 1. The van der Waals surface area contributed by atoms with Crippen molar-refractivity contribution in [3.05, 3.63) is 23.5 Å². The maximum absolute atomic E-state index is 12.2. The molecule has 2 aromatic heterocycles. The standard InChI is InChI=1S/C13H17N5O4/c1-8-5-11(17-22-8)21-7-12(19)18-3-4-20-10(6-18)13-14-9(2)15-16-13/h5,10H,3-4,6-7H2,1-2H3,(H,14,15,16)/t10-/m1/s1. The van der Waals surface area contributed by atoms with E-state index in [9.17, 15) is 4.79 Å². The summed E-state index contributed by atoms with van der Waals surface area (Å²) in [4.78, 5) is 18.1. The Hall–Kier alpha value is -2.42. The molecule has 0 spiro atoms. The van der Waals surface area contributed by atoms with Gasteiger partial charge in [-0.3, -0.25) is 9.89 Å². The average molecular weight is 307 g/mol. The molecule has 2 aromatic rings. The maximum atomic E-state index is 12.2. The number of amides is 1. The second-order valence-electron chi connectivity index (χ2n) is 5.04. The Bertz CT molecular complexity index is 652. The summed E-state index contributed by atoms with van der Waals surface area (Å²) in [5.74, 6) is 2.07. The zero-order valence-corrected chi connectivity index (χ0v) is 12.4. The minimum atomic E-state index is -0.322. The third-order valence-corrected chi connectivity index (χ3v) is 3.27. The first kappa shape index (κ1) is 14.5. The molecular formula is C13H17N5O4. The maximum Gasteiger partial charge on any atom is 0.260 e. The van der Waals surface area contributed by atoms with Gasteiger partial charge in [-0.25, -0.2) is 4.98 Å². The summed E-state index contributed by atoms with van der Waals surface area (Å²) in [7, 11) is 0. The number of aryl methyl sites for hydroxylation is 2. The van der Waals surface area contributed by atoms with Gasteiger partial charge in [-0.05, 0) is 19.0 Å². The van der Waals surface area contributed by atoms with Crippen molar-refractivity contribution in [3.63, 3.8) is 0 Å². The van der Waals surface area contributed by atoms with Crippen molar-refractivity contribution in [3.8, 4) is 5.88 Å². The number of aromatic amines is 1. The van der Waals surface area contributed by atoms with Crippen LogP contribution in [0.1, 0.15) is 23.5 Å². The van der Waals surface area contributed by atoms with Crippen LogP contribution in [0.5, 0.6) is 5.88 Å². The molecular weight excluding hydrogens is 290 g/mol. The Labute approximate surface area is 126 Å². The van der Waals surface area contributed by atoms with Gasteiger partial charge in [0.1, 0.15) is 17.7 Å². The van der Waals surface area contributed by atoms with E-state index < -0.39 is 0 Å². The number of aromatic nitrogens is 4. The molecule has 0 unspecified atom stereocenters. The second kappa shape index (κ2) is 6.14. The first-order chi connectivity index (χ1) is 10.6. The van der Waals surface area contributed by atoms with Crippen LogP contribution in [-0.2, 0) is 9.53 Å². The fourth-order valence-corrected chi connectivity index (χ4v) is 2.17. The highest BCUT2D eigenvalue weighted by Crippen LogP contribution is 2.19. The van der Waals surface area contributed by atoms with Crippen molar-refractivity contribution in [1.29, 1.82) is 0 Å². The molecule has 1 saturated heterocycles. The minimum absolute atomic E-state index is 0.0916. The van der Waals surface area contributed by atoms with Crippen molar-refractivity contribution in [2.45, 2.75) is 20.0 Å². The number of morpholine rings is 1. The highest BCUT2D eigenvalue weighted by molar-refractivity contribution is 5.77. The highest BCUT2D eigenvalue weighted by atomic mass is 16.5. The van der Waals surface area contributed by atoms with Crippen molar-refractivity contribution in [2.24, 2.45) is 0 Å². The monoisotopic (exact) mass is 307 g/mol. The van der Waals surface area contributed by atoms with E-state index in [1.165, 1.54) is 0 Å². The Morgan fingerprint density at radius 3 is 3.09 bits per heavy atom. The number of nitrogens with zero attached hydrogens (tertiary/aromatic N) is 4. The SMILES string of the molecule is Cc1nc([C@H]2CN(C(=O)COc3cc(C)on3)CCO2)n[nH]1. The topological polar surface area (TPSA) is 106 Å². The highest BCUT2D eigenvalue weighted by Gasteiger charge is 2.28. The average Bonchev–Trinajstić information content (AvgIpc) is 3.13. The van der Waals surface area contributed by atoms with E-state index in [0.717, 1.165) is 0 Å². The van der Waals surface area contributed by atoms with E-state index in [1.807, 2.05) is 6.92 Å². The van der Waals surface area contributed by atoms with E-state index in [4.69, 9.17) is 14.0 Å². The van der Waals surface area contributed by atoms with Crippen LogP contribution in [0, 0.1) is 13.8 Å². The van der Waals surface area contributed by atoms with Crippen LogP contribution < -0.4 is 4.74 Å². The van der Waals surface area contributed by atoms with Crippen LogP contribution in [0.4, 0.5) is 0 Å². The minimum Gasteiger partial charge on any atom is -0.465 e. The number of hydrogen-bond acceptors (Lipinski definition) is 7. The van der Waals surface area contributed by atoms with Gasteiger partial charge in [0, 0.05) is 12.6 Å². The van der Waals surface area contributed by atoms with Gasteiger partial charge in [0.2, 0.25) is 0 Å². The molecule has 0 radical (unpaired) electrons. The molecule has 0 aliphatic carbocycles. The normalized spacial score (nSPS) is 18.5. The number of hydrogen-bond donors (Lipinski definition) is 1. The quantitative estimate of drug-likeness (QED) is 0.870. The van der Waals surface area contributed by atoms with Crippen LogP contribution >= 0.6 is 0 Å². The summed E-state index contributed by atoms with van der Waals surface area (Å²) in [5.41, 5.74) is 0. The van der Waals surface area contributed by atoms with Crippen molar-refractivity contribution < 1.29 is 18.8 Å². The van der Waals surface area contributed by atoms with E-state index in [2.05, 4.69) is 20.3 Å². The van der Waals surface area contributed by atoms with Gasteiger partial charge in [-0.15, -0.1) is 0 Å². The van der Waals surface area contributed by atoms with Crippen LogP contribution in [0.25, 0.3) is 0 Å². The lowest BCUT2D eigenvalue weighted by atomic mass is 10.2. The zero-order valence-electron chi connectivity index (χ0n) is 12.4. The number of nitrogens with one attached hydrogen (secondary N) is 1. The summed E-state index contributed by atoms with van der Waals surface area (Å²) in [6.07, 6.45) is -0.322. The van der Waals surface area contributed by atoms with E-state index in [-0.39, 0.29) is 18.6 Å². The fourth-order valence-electron chi connectivity index (χ4n) is 2.17. The molecule has 0 aromatic carbocycles. The van der Waals surface area contributed by atoms with Gasteiger partial charge < -0.3 is 18.9 Å². The Balaban J connectivity index is 1.55. The number of ether oxygens (including phenoxy) is 2. The molecule has 1 aliphatic heterocycles. The lowest BCUT2D eigenvalue weighted by Gasteiger charge is -2.31. The lowest BCUT2D eigenvalue weighted by Crippen LogP contribution is -2.44. The summed E-state index contributed by atoms with van der Waals surface area (Å²) in [6, 6.07) is 1.63. The van der Waals surface area contributed by atoms with Gasteiger partial charge in [-0.2, -0.15) is 5.10 Å². The van der Waals surface area contributed by atoms with Gasteiger partial charge in [0.05, 0.1) is 13.2 Å². The van der Waals surface area contributed by atoms with Crippen molar-refractivity contribution >= 4 is 5.91 Å². The fraction of sp³-hybridized carbons (Fsp3) is 0.538. The van der Waals surface area contributed by atoms with E-state index >= 15 is 0 Å². The zero-order chi connectivity index (χ0) is 15.5.